The minimum Gasteiger partial charge on any atom is -0.482 e. The summed E-state index contributed by atoms with van der Waals surface area (Å²) < 4.78 is 40.9. The minimum atomic E-state index is -4.30. The van der Waals surface area contributed by atoms with Gasteiger partial charge in [0.25, 0.3) is 0 Å². The van der Waals surface area contributed by atoms with E-state index in [1.165, 1.54) is 18.2 Å². The highest BCUT2D eigenvalue weighted by molar-refractivity contribution is 8.00. The van der Waals surface area contributed by atoms with Crippen molar-refractivity contribution in [2.45, 2.75) is 13.1 Å². The number of aryl methyl sites for hydroxylation is 1. The summed E-state index contributed by atoms with van der Waals surface area (Å²) in [6.45, 7) is 1.17. The van der Waals surface area contributed by atoms with Crippen molar-refractivity contribution in [1.29, 1.82) is 0 Å². The van der Waals surface area contributed by atoms with Gasteiger partial charge in [0.2, 0.25) is 5.91 Å². The molecule has 1 aromatic carbocycles. The number of amides is 1. The van der Waals surface area contributed by atoms with Gasteiger partial charge in [-0.05, 0) is 30.7 Å². The van der Waals surface area contributed by atoms with E-state index in [0.717, 1.165) is 0 Å². The van der Waals surface area contributed by atoms with Crippen LogP contribution >= 0.6 is 11.8 Å². The Morgan fingerprint density at radius 3 is 2.59 bits per heavy atom. The fraction of sp³-hybridized carbons (Fsp3) is 0.385. The summed E-state index contributed by atoms with van der Waals surface area (Å²) in [6.07, 6.45) is -4.30. The highest BCUT2D eigenvalue weighted by Gasteiger charge is 2.27. The Balaban J connectivity index is 2.51. The third-order valence-corrected chi connectivity index (χ3v) is 3.33. The van der Waals surface area contributed by atoms with E-state index in [-0.39, 0.29) is 5.75 Å². The first kappa shape index (κ1) is 18.1. The maximum absolute atomic E-state index is 12.0. The number of hydrogen-bond acceptors (Lipinski definition) is 4. The van der Waals surface area contributed by atoms with Gasteiger partial charge in [-0.1, -0.05) is 0 Å². The Morgan fingerprint density at radius 1 is 1.36 bits per heavy atom. The number of hydrogen-bond donors (Lipinski definition) is 2. The van der Waals surface area contributed by atoms with Crippen LogP contribution in [0.15, 0.2) is 18.2 Å². The lowest BCUT2D eigenvalue weighted by atomic mass is 10.2. The average Bonchev–Trinajstić information content (AvgIpc) is 2.37. The van der Waals surface area contributed by atoms with Crippen molar-refractivity contribution >= 4 is 29.3 Å². The van der Waals surface area contributed by atoms with Crippen molar-refractivity contribution < 1.29 is 32.6 Å². The van der Waals surface area contributed by atoms with Crippen LogP contribution in [0.4, 0.5) is 18.9 Å². The molecule has 0 aliphatic heterocycles. The van der Waals surface area contributed by atoms with Crippen LogP contribution in [-0.4, -0.2) is 41.3 Å². The van der Waals surface area contributed by atoms with Gasteiger partial charge >= 0.3 is 12.1 Å². The van der Waals surface area contributed by atoms with Gasteiger partial charge < -0.3 is 15.2 Å². The fourth-order valence-electron chi connectivity index (χ4n) is 1.46. The second-order valence-electron chi connectivity index (χ2n) is 4.32. The molecular weight excluding hydrogens is 323 g/mol. The summed E-state index contributed by atoms with van der Waals surface area (Å²) in [4.78, 5) is 21.9. The normalized spacial score (nSPS) is 11.1. The number of carbonyl (C=O) groups is 2. The largest absolute Gasteiger partial charge is 0.482 e. The topological polar surface area (TPSA) is 75.6 Å². The van der Waals surface area contributed by atoms with Crippen LogP contribution in [-0.2, 0) is 9.59 Å². The molecule has 0 bridgehead atoms. The molecule has 9 heteroatoms. The number of ether oxygens (including phenoxy) is 1. The molecule has 2 N–H and O–H groups in total. The van der Waals surface area contributed by atoms with Crippen molar-refractivity contribution in [1.82, 2.24) is 0 Å². The number of anilines is 1. The third-order valence-electron chi connectivity index (χ3n) is 2.33. The van der Waals surface area contributed by atoms with Crippen molar-refractivity contribution in [3.05, 3.63) is 23.8 Å². The number of carbonyl (C=O) groups excluding carboxylic acids is 1. The molecule has 5 nitrogen and oxygen atoms in total. The number of aliphatic carboxylic acids is 1. The highest BCUT2D eigenvalue weighted by atomic mass is 32.2. The van der Waals surface area contributed by atoms with E-state index < -0.39 is 30.4 Å². The standard InChI is InChI=1S/C13H14F3NO4S/c1-8-4-9(21-5-12(19)20)2-3-10(8)17-11(18)6-22-7-13(14,15)16/h2-4H,5-7H2,1H3,(H,17,18)(H,19,20). The predicted octanol–water partition coefficient (Wildman–Crippen LogP) is 2.69. The number of carboxylic acid groups (broad SMARTS) is 1. The molecule has 0 heterocycles. The monoisotopic (exact) mass is 337 g/mol. The van der Waals surface area contributed by atoms with Gasteiger partial charge in [0.05, 0.1) is 11.5 Å². The Labute approximate surface area is 128 Å². The summed E-state index contributed by atoms with van der Waals surface area (Å²) in [5.41, 5.74) is 1.04. The van der Waals surface area contributed by atoms with E-state index in [0.29, 0.717) is 28.8 Å². The number of thioether (sulfide) groups is 1. The molecule has 0 saturated carbocycles. The molecule has 0 saturated heterocycles. The predicted molar refractivity (Wildman–Crippen MR) is 76.3 cm³/mol. The first-order valence-electron chi connectivity index (χ1n) is 6.07. The molecule has 122 valence electrons. The van der Waals surface area contributed by atoms with E-state index in [2.05, 4.69) is 5.32 Å². The van der Waals surface area contributed by atoms with Crippen LogP contribution in [0.1, 0.15) is 5.56 Å². The lowest BCUT2D eigenvalue weighted by Crippen LogP contribution is -2.18. The lowest BCUT2D eigenvalue weighted by Gasteiger charge is -2.11. The Hall–Kier alpha value is -1.90. The maximum atomic E-state index is 12.0. The number of carboxylic acids is 1. The zero-order chi connectivity index (χ0) is 16.8. The summed E-state index contributed by atoms with van der Waals surface area (Å²) >= 11 is 0.481. The molecule has 0 aromatic heterocycles. The molecule has 22 heavy (non-hydrogen) atoms. The van der Waals surface area contributed by atoms with Crippen molar-refractivity contribution in [3.8, 4) is 5.75 Å². The first-order chi connectivity index (χ1) is 10.2. The van der Waals surface area contributed by atoms with Gasteiger partial charge in [-0.3, -0.25) is 4.79 Å². The van der Waals surface area contributed by atoms with Crippen LogP contribution in [0, 0.1) is 6.92 Å². The number of alkyl halides is 3. The summed E-state index contributed by atoms with van der Waals surface area (Å²) in [5.74, 6) is -2.73. The van der Waals surface area contributed by atoms with Crippen LogP contribution < -0.4 is 10.1 Å². The van der Waals surface area contributed by atoms with Crippen LogP contribution in [0.5, 0.6) is 5.75 Å². The van der Waals surface area contributed by atoms with Gasteiger partial charge in [0.15, 0.2) is 6.61 Å². The molecule has 0 radical (unpaired) electrons. The molecule has 0 spiro atoms. The second-order valence-corrected chi connectivity index (χ2v) is 5.30. The van der Waals surface area contributed by atoms with Crippen molar-refractivity contribution in [2.75, 3.05) is 23.4 Å². The van der Waals surface area contributed by atoms with Gasteiger partial charge in [-0.25, -0.2) is 4.79 Å². The maximum Gasteiger partial charge on any atom is 0.397 e. The van der Waals surface area contributed by atoms with Gasteiger partial charge in [0.1, 0.15) is 5.75 Å². The third kappa shape index (κ3) is 7.21. The zero-order valence-electron chi connectivity index (χ0n) is 11.6. The molecular formula is C13H14F3NO4S. The van der Waals surface area contributed by atoms with Crippen LogP contribution in [0.3, 0.4) is 0 Å². The number of rotatable bonds is 7. The fourth-order valence-corrected chi connectivity index (χ4v) is 2.05. The van der Waals surface area contributed by atoms with Gasteiger partial charge in [0, 0.05) is 5.69 Å². The highest BCUT2D eigenvalue weighted by Crippen LogP contribution is 2.23. The summed E-state index contributed by atoms with van der Waals surface area (Å²) in [7, 11) is 0. The summed E-state index contributed by atoms with van der Waals surface area (Å²) in [5, 5.41) is 11.0. The smallest absolute Gasteiger partial charge is 0.397 e. The van der Waals surface area contributed by atoms with Crippen molar-refractivity contribution in [3.63, 3.8) is 0 Å². The molecule has 0 aliphatic rings. The average molecular weight is 337 g/mol. The first-order valence-corrected chi connectivity index (χ1v) is 7.22. The molecule has 0 unspecified atom stereocenters. The second kappa shape index (κ2) is 7.92. The van der Waals surface area contributed by atoms with E-state index in [4.69, 9.17) is 9.84 Å². The van der Waals surface area contributed by atoms with Crippen LogP contribution in [0.25, 0.3) is 0 Å². The quantitative estimate of drug-likeness (QED) is 0.800. The summed E-state index contributed by atoms with van der Waals surface area (Å²) in [6, 6.07) is 4.49. The van der Waals surface area contributed by atoms with Gasteiger partial charge in [-0.15, -0.1) is 11.8 Å². The molecule has 1 amide bonds. The Morgan fingerprint density at radius 2 is 2.05 bits per heavy atom. The SMILES string of the molecule is Cc1cc(OCC(=O)O)ccc1NC(=O)CSCC(F)(F)F. The number of nitrogens with one attached hydrogen (secondary N) is 1. The Bertz CT molecular complexity index is 549. The van der Waals surface area contributed by atoms with E-state index >= 15 is 0 Å². The lowest BCUT2D eigenvalue weighted by molar-refractivity contribution is -0.139. The zero-order valence-corrected chi connectivity index (χ0v) is 12.4. The van der Waals surface area contributed by atoms with E-state index in [9.17, 15) is 22.8 Å². The Kier molecular flexibility index (Phi) is 6.54. The number of benzene rings is 1. The molecule has 0 fully saturated rings. The molecule has 1 rings (SSSR count). The molecule has 1 aromatic rings. The minimum absolute atomic E-state index is 0.309. The molecule has 0 atom stereocenters. The van der Waals surface area contributed by atoms with E-state index in [1.54, 1.807) is 6.92 Å². The molecule has 0 aliphatic carbocycles. The van der Waals surface area contributed by atoms with Crippen molar-refractivity contribution in [2.24, 2.45) is 0 Å². The number of halogens is 3. The van der Waals surface area contributed by atoms with Gasteiger partial charge in [-0.2, -0.15) is 13.2 Å². The van der Waals surface area contributed by atoms with Crippen LogP contribution in [0.2, 0.25) is 0 Å². The van der Waals surface area contributed by atoms with E-state index in [1.807, 2.05) is 0 Å².